The van der Waals surface area contributed by atoms with Crippen LogP contribution in [0.5, 0.6) is 0 Å². The van der Waals surface area contributed by atoms with Crippen LogP contribution in [-0.2, 0) is 0 Å². The van der Waals surface area contributed by atoms with Gasteiger partial charge < -0.3 is 5.32 Å². The first-order valence-corrected chi connectivity index (χ1v) is 10.4. The number of aryl methyl sites for hydroxylation is 1. The van der Waals surface area contributed by atoms with Gasteiger partial charge in [0.25, 0.3) is 11.6 Å². The van der Waals surface area contributed by atoms with Crippen molar-refractivity contribution in [1.29, 1.82) is 0 Å². The number of nitro benzene ring substituents is 1. The fourth-order valence-electron chi connectivity index (χ4n) is 3.10. The molecule has 31 heavy (non-hydrogen) atoms. The summed E-state index contributed by atoms with van der Waals surface area (Å²) in [7, 11) is 0. The summed E-state index contributed by atoms with van der Waals surface area (Å²) in [6.07, 6.45) is 0. The van der Waals surface area contributed by atoms with Crippen LogP contribution >= 0.6 is 22.9 Å². The predicted octanol–water partition coefficient (Wildman–Crippen LogP) is 5.43. The molecule has 0 aliphatic heterocycles. The Morgan fingerprint density at radius 3 is 2.65 bits per heavy atom. The molecule has 2 aromatic heterocycles. The lowest BCUT2D eigenvalue weighted by Crippen LogP contribution is -2.16. The number of hydrogen-bond donors (Lipinski definition) is 1. The number of carbonyl (C=O) groups is 1. The Kier molecular flexibility index (Phi) is 5.53. The Bertz CT molecular complexity index is 1300. The van der Waals surface area contributed by atoms with E-state index in [2.05, 4.69) is 15.4 Å². The molecule has 0 radical (unpaired) electrons. The molecule has 1 N–H and O–H groups in total. The molecule has 0 spiro atoms. The van der Waals surface area contributed by atoms with Gasteiger partial charge in [-0.2, -0.15) is 9.78 Å². The number of nitrogens with one attached hydrogen (secondary N) is 1. The number of benzene rings is 2. The van der Waals surface area contributed by atoms with E-state index in [1.54, 1.807) is 42.8 Å². The zero-order valence-electron chi connectivity index (χ0n) is 16.5. The number of amides is 1. The van der Waals surface area contributed by atoms with Gasteiger partial charge in [-0.3, -0.25) is 14.9 Å². The molecule has 156 valence electrons. The van der Waals surface area contributed by atoms with Crippen LogP contribution in [0.15, 0.2) is 53.9 Å². The number of aromatic nitrogens is 3. The lowest BCUT2D eigenvalue weighted by atomic mass is 10.1. The molecule has 0 bridgehead atoms. The zero-order valence-corrected chi connectivity index (χ0v) is 18.1. The quantitative estimate of drug-likeness (QED) is 0.320. The molecular formula is C21H16ClN5O3S. The summed E-state index contributed by atoms with van der Waals surface area (Å²) in [6.45, 7) is 3.35. The zero-order chi connectivity index (χ0) is 22.1. The van der Waals surface area contributed by atoms with Gasteiger partial charge in [0.2, 0.25) is 5.13 Å². The van der Waals surface area contributed by atoms with Crippen LogP contribution in [0, 0.1) is 24.0 Å². The molecule has 0 aliphatic rings. The summed E-state index contributed by atoms with van der Waals surface area (Å²) >= 11 is 7.33. The molecule has 0 unspecified atom stereocenters. The maximum absolute atomic E-state index is 12.9. The maximum atomic E-state index is 12.9. The number of nitrogens with zero attached hydrogens (tertiary/aromatic N) is 4. The second kappa shape index (κ2) is 8.29. The van der Waals surface area contributed by atoms with Gasteiger partial charge in [0.15, 0.2) is 0 Å². The molecule has 4 aromatic rings. The van der Waals surface area contributed by atoms with E-state index in [1.807, 2.05) is 17.5 Å². The molecule has 2 aromatic carbocycles. The number of rotatable bonds is 5. The lowest BCUT2D eigenvalue weighted by molar-refractivity contribution is -0.385. The summed E-state index contributed by atoms with van der Waals surface area (Å²) in [5.41, 5.74) is 2.78. The van der Waals surface area contributed by atoms with Crippen molar-refractivity contribution >= 4 is 40.4 Å². The normalized spacial score (nSPS) is 10.8. The van der Waals surface area contributed by atoms with Gasteiger partial charge in [-0.15, -0.1) is 11.3 Å². The van der Waals surface area contributed by atoms with Crippen molar-refractivity contribution < 1.29 is 9.72 Å². The molecule has 0 saturated carbocycles. The summed E-state index contributed by atoms with van der Waals surface area (Å²) < 4.78 is 1.55. The topological polar surface area (TPSA) is 103 Å². The van der Waals surface area contributed by atoms with Gasteiger partial charge in [0.1, 0.15) is 5.82 Å². The molecular weight excluding hydrogens is 438 g/mol. The smallest absolute Gasteiger partial charge is 0.273 e. The van der Waals surface area contributed by atoms with Crippen LogP contribution in [0.1, 0.15) is 21.6 Å². The highest BCUT2D eigenvalue weighted by molar-refractivity contribution is 7.12. The van der Waals surface area contributed by atoms with E-state index in [-0.39, 0.29) is 11.3 Å². The first kappa shape index (κ1) is 20.7. The van der Waals surface area contributed by atoms with Gasteiger partial charge in [-0.25, -0.2) is 4.98 Å². The molecule has 0 saturated heterocycles. The van der Waals surface area contributed by atoms with E-state index in [1.165, 1.54) is 23.5 Å². The van der Waals surface area contributed by atoms with E-state index in [0.29, 0.717) is 27.2 Å². The highest BCUT2D eigenvalue weighted by Crippen LogP contribution is 2.28. The van der Waals surface area contributed by atoms with Crippen LogP contribution in [0.25, 0.3) is 16.4 Å². The van der Waals surface area contributed by atoms with Crippen molar-refractivity contribution in [3.05, 3.63) is 85.9 Å². The summed E-state index contributed by atoms with van der Waals surface area (Å²) in [5, 5.41) is 21.5. The highest BCUT2D eigenvalue weighted by atomic mass is 35.5. The molecule has 2 heterocycles. The third-order valence-corrected chi connectivity index (χ3v) is 5.70. The minimum absolute atomic E-state index is 0.107. The fourth-order valence-corrected chi connectivity index (χ4v) is 4.02. The van der Waals surface area contributed by atoms with Crippen molar-refractivity contribution in [2.75, 3.05) is 5.32 Å². The van der Waals surface area contributed by atoms with Crippen LogP contribution < -0.4 is 5.32 Å². The SMILES string of the molecule is Cc1cc(NC(=O)c2cccc([N+](=O)[O-])c2C)n(-c2nc(-c3ccc(Cl)cc3)cs2)n1. The second-order valence-electron chi connectivity index (χ2n) is 6.77. The maximum Gasteiger partial charge on any atom is 0.273 e. The largest absolute Gasteiger partial charge is 0.306 e. The fraction of sp³-hybridized carbons (Fsp3) is 0.0952. The number of halogens is 1. The van der Waals surface area contributed by atoms with Crippen molar-refractivity contribution in [2.45, 2.75) is 13.8 Å². The molecule has 0 aliphatic carbocycles. The third kappa shape index (κ3) is 4.18. The number of nitro groups is 1. The monoisotopic (exact) mass is 453 g/mol. The first-order chi connectivity index (χ1) is 14.8. The Morgan fingerprint density at radius 1 is 1.19 bits per heavy atom. The minimum atomic E-state index is -0.506. The van der Waals surface area contributed by atoms with Gasteiger partial charge in [0, 0.05) is 39.2 Å². The Balaban J connectivity index is 1.64. The van der Waals surface area contributed by atoms with E-state index >= 15 is 0 Å². The number of thiazole rings is 1. The standard InChI is InChI=1S/C21H16ClN5O3S/c1-12-10-19(24-20(28)16-4-3-5-18(13(16)2)27(29)30)26(25-12)21-23-17(11-31-21)14-6-8-15(22)9-7-14/h3-11H,1-2H3,(H,24,28). The minimum Gasteiger partial charge on any atom is -0.306 e. The number of carbonyl (C=O) groups excluding carboxylic acids is 1. The highest BCUT2D eigenvalue weighted by Gasteiger charge is 2.20. The van der Waals surface area contributed by atoms with Gasteiger partial charge in [-0.05, 0) is 32.0 Å². The summed E-state index contributed by atoms with van der Waals surface area (Å²) in [6, 6.07) is 13.5. The number of anilines is 1. The van der Waals surface area contributed by atoms with Crippen LogP contribution in [0.2, 0.25) is 5.02 Å². The molecule has 10 heteroatoms. The van der Waals surface area contributed by atoms with Crippen LogP contribution in [-0.4, -0.2) is 25.6 Å². The third-order valence-electron chi connectivity index (χ3n) is 4.63. The van der Waals surface area contributed by atoms with Gasteiger partial charge in [0.05, 0.1) is 16.3 Å². The summed E-state index contributed by atoms with van der Waals surface area (Å²) in [4.78, 5) is 28.2. The predicted molar refractivity (Wildman–Crippen MR) is 120 cm³/mol. The Hall–Kier alpha value is -3.56. The molecule has 8 nitrogen and oxygen atoms in total. The average molecular weight is 454 g/mol. The van der Waals surface area contributed by atoms with Crippen molar-refractivity contribution in [3.8, 4) is 16.4 Å². The Morgan fingerprint density at radius 2 is 1.94 bits per heavy atom. The lowest BCUT2D eigenvalue weighted by Gasteiger charge is -2.09. The average Bonchev–Trinajstić information content (AvgIpc) is 3.35. The van der Waals surface area contributed by atoms with Crippen LogP contribution in [0.3, 0.4) is 0 Å². The van der Waals surface area contributed by atoms with Gasteiger partial charge >= 0.3 is 0 Å². The van der Waals surface area contributed by atoms with E-state index in [9.17, 15) is 14.9 Å². The van der Waals surface area contributed by atoms with E-state index < -0.39 is 10.8 Å². The van der Waals surface area contributed by atoms with Crippen molar-refractivity contribution in [2.24, 2.45) is 0 Å². The van der Waals surface area contributed by atoms with E-state index in [0.717, 1.165) is 11.3 Å². The van der Waals surface area contributed by atoms with Crippen molar-refractivity contribution in [3.63, 3.8) is 0 Å². The van der Waals surface area contributed by atoms with E-state index in [4.69, 9.17) is 11.6 Å². The second-order valence-corrected chi connectivity index (χ2v) is 8.04. The summed E-state index contributed by atoms with van der Waals surface area (Å²) in [5.74, 6) is -0.0396. The molecule has 0 fully saturated rings. The first-order valence-electron chi connectivity index (χ1n) is 9.17. The van der Waals surface area contributed by atoms with Crippen LogP contribution in [0.4, 0.5) is 11.5 Å². The van der Waals surface area contributed by atoms with Crippen molar-refractivity contribution in [1.82, 2.24) is 14.8 Å². The number of hydrogen-bond acceptors (Lipinski definition) is 6. The Labute approximate surface area is 186 Å². The molecule has 1 amide bonds. The molecule has 4 rings (SSSR count). The molecule has 0 atom stereocenters. The van der Waals surface area contributed by atoms with Gasteiger partial charge in [-0.1, -0.05) is 29.8 Å².